The van der Waals surface area contributed by atoms with E-state index in [1.807, 2.05) is 0 Å². The maximum absolute atomic E-state index is 12.6. The number of anilines is 1. The maximum Gasteiger partial charge on any atom is 0.339 e. The first-order valence-electron chi connectivity index (χ1n) is 8.54. The summed E-state index contributed by atoms with van der Waals surface area (Å²) >= 11 is 0. The normalized spacial score (nSPS) is 12.5. The number of methoxy groups -OCH3 is 1. The van der Waals surface area contributed by atoms with Crippen molar-refractivity contribution in [3.05, 3.63) is 75.8 Å². The van der Waals surface area contributed by atoms with Gasteiger partial charge in [-0.15, -0.1) is 0 Å². The van der Waals surface area contributed by atoms with E-state index in [1.54, 1.807) is 42.5 Å². The highest BCUT2D eigenvalue weighted by molar-refractivity contribution is 6.41. The number of nitro groups is 1. The summed E-state index contributed by atoms with van der Waals surface area (Å²) in [5, 5.41) is 13.5. The smallest absolute Gasteiger partial charge is 0.339 e. The summed E-state index contributed by atoms with van der Waals surface area (Å²) in [6.45, 7) is 0.998. The quantitative estimate of drug-likeness (QED) is 0.324. The molecule has 8 heteroatoms. The third kappa shape index (κ3) is 5.00. The zero-order valence-corrected chi connectivity index (χ0v) is 15.5. The molecule has 1 amide bonds. The molecule has 1 N–H and O–H groups in total. The van der Waals surface area contributed by atoms with Crippen molar-refractivity contribution in [3.63, 3.8) is 0 Å². The van der Waals surface area contributed by atoms with Crippen LogP contribution in [-0.2, 0) is 14.3 Å². The minimum absolute atomic E-state index is 0.101. The first kappa shape index (κ1) is 20.8. The number of benzene rings is 2. The number of carbonyl (C=O) groups excluding carboxylic acids is 3. The van der Waals surface area contributed by atoms with E-state index >= 15 is 0 Å². The number of nitrogens with one attached hydrogen (secondary N) is 1. The van der Waals surface area contributed by atoms with E-state index in [-0.39, 0.29) is 11.3 Å². The molecule has 0 fully saturated rings. The van der Waals surface area contributed by atoms with Gasteiger partial charge in [-0.3, -0.25) is 19.7 Å². The van der Waals surface area contributed by atoms with E-state index in [0.29, 0.717) is 5.56 Å². The van der Waals surface area contributed by atoms with Crippen molar-refractivity contribution in [2.45, 2.75) is 12.8 Å². The standard InChI is InChI=1S/C20H20N2O6/c1-13(16(12-22(26)27)14-8-4-3-5-9-14)18(23)19(24)21-17-11-7-6-10-15(17)20(25)28-2/h3-11,13,16H,12H2,1-2H3,(H,21,24)/t13-,16-/m1/s1. The maximum atomic E-state index is 12.6. The fraction of sp³-hybridized carbons (Fsp3) is 0.250. The van der Waals surface area contributed by atoms with Crippen LogP contribution in [0.4, 0.5) is 5.69 Å². The Bertz CT molecular complexity index is 881. The van der Waals surface area contributed by atoms with Crippen molar-refractivity contribution in [3.8, 4) is 0 Å². The lowest BCUT2D eigenvalue weighted by molar-refractivity contribution is -0.484. The summed E-state index contributed by atoms with van der Waals surface area (Å²) in [4.78, 5) is 47.5. The average molecular weight is 384 g/mol. The van der Waals surface area contributed by atoms with E-state index in [2.05, 4.69) is 10.1 Å². The Morgan fingerprint density at radius 3 is 2.29 bits per heavy atom. The highest BCUT2D eigenvalue weighted by atomic mass is 16.6. The van der Waals surface area contributed by atoms with Gasteiger partial charge in [-0.25, -0.2) is 4.79 Å². The van der Waals surface area contributed by atoms with Crippen molar-refractivity contribution in [2.24, 2.45) is 5.92 Å². The molecule has 0 aliphatic carbocycles. The van der Waals surface area contributed by atoms with Crippen LogP contribution in [0.2, 0.25) is 0 Å². The second kappa shape index (κ2) is 9.40. The fourth-order valence-electron chi connectivity index (χ4n) is 2.87. The molecular formula is C20H20N2O6. The molecule has 0 aliphatic rings. The van der Waals surface area contributed by atoms with Crippen molar-refractivity contribution in [2.75, 3.05) is 19.0 Å². The van der Waals surface area contributed by atoms with Gasteiger partial charge in [0, 0.05) is 10.8 Å². The number of hydrogen-bond donors (Lipinski definition) is 1. The minimum atomic E-state index is -0.951. The molecule has 0 aliphatic heterocycles. The van der Waals surface area contributed by atoms with Gasteiger partial charge in [0.2, 0.25) is 12.3 Å². The van der Waals surface area contributed by atoms with E-state index < -0.39 is 41.0 Å². The number of ether oxygens (including phenoxy) is 1. The van der Waals surface area contributed by atoms with Gasteiger partial charge < -0.3 is 10.1 Å². The molecule has 0 aromatic heterocycles. The summed E-state index contributed by atoms with van der Waals surface area (Å²) in [5.74, 6) is -4.11. The predicted octanol–water partition coefficient (Wildman–Crippen LogP) is 2.68. The van der Waals surface area contributed by atoms with Crippen LogP contribution in [0.15, 0.2) is 54.6 Å². The molecule has 0 bridgehead atoms. The first-order valence-corrected chi connectivity index (χ1v) is 8.54. The van der Waals surface area contributed by atoms with Crippen LogP contribution in [0.25, 0.3) is 0 Å². The number of hydrogen-bond acceptors (Lipinski definition) is 6. The third-order valence-corrected chi connectivity index (χ3v) is 4.39. The molecule has 2 rings (SSSR count). The van der Waals surface area contributed by atoms with Crippen LogP contribution in [0.5, 0.6) is 0 Å². The summed E-state index contributed by atoms with van der Waals surface area (Å²) in [6.07, 6.45) is 0. The van der Waals surface area contributed by atoms with Gasteiger partial charge in [-0.1, -0.05) is 49.4 Å². The number of Topliss-reactive ketones (excluding diaryl/α,β-unsaturated/α-hetero) is 1. The SMILES string of the molecule is COC(=O)c1ccccc1NC(=O)C(=O)[C@H](C)[C@@H](C[N+](=O)[O-])c1ccccc1. The fourth-order valence-corrected chi connectivity index (χ4v) is 2.87. The van der Waals surface area contributed by atoms with Crippen LogP contribution in [0, 0.1) is 16.0 Å². The number of esters is 1. The third-order valence-electron chi connectivity index (χ3n) is 4.39. The Balaban J connectivity index is 2.23. The van der Waals surface area contributed by atoms with Gasteiger partial charge in [0.1, 0.15) is 0 Å². The Kier molecular flexibility index (Phi) is 6.97. The van der Waals surface area contributed by atoms with Crippen LogP contribution in [0.1, 0.15) is 28.8 Å². The van der Waals surface area contributed by atoms with Gasteiger partial charge in [0.15, 0.2) is 0 Å². The Labute approximate surface area is 161 Å². The molecule has 2 atom stereocenters. The van der Waals surface area contributed by atoms with Crippen molar-refractivity contribution >= 4 is 23.3 Å². The molecule has 0 spiro atoms. The Morgan fingerprint density at radius 1 is 1.07 bits per heavy atom. The lowest BCUT2D eigenvalue weighted by Crippen LogP contribution is -2.34. The number of amides is 1. The van der Waals surface area contributed by atoms with Gasteiger partial charge in [0.25, 0.3) is 5.91 Å². The number of carbonyl (C=O) groups is 3. The molecule has 146 valence electrons. The van der Waals surface area contributed by atoms with E-state index in [4.69, 9.17) is 0 Å². The van der Waals surface area contributed by atoms with E-state index in [1.165, 1.54) is 26.2 Å². The molecule has 0 saturated heterocycles. The zero-order valence-electron chi connectivity index (χ0n) is 15.5. The van der Waals surface area contributed by atoms with Crippen LogP contribution >= 0.6 is 0 Å². The Hall–Kier alpha value is -3.55. The molecule has 0 unspecified atom stereocenters. The Morgan fingerprint density at radius 2 is 1.68 bits per heavy atom. The summed E-state index contributed by atoms with van der Waals surface area (Å²) in [5.41, 5.74) is 0.831. The molecule has 2 aromatic rings. The summed E-state index contributed by atoms with van der Waals surface area (Å²) < 4.78 is 4.66. The van der Waals surface area contributed by atoms with Gasteiger partial charge >= 0.3 is 5.97 Å². The van der Waals surface area contributed by atoms with Gasteiger partial charge in [0.05, 0.1) is 24.3 Å². The first-order chi connectivity index (χ1) is 13.3. The number of para-hydroxylation sites is 1. The molecule has 0 radical (unpaired) electrons. The second-order valence-electron chi connectivity index (χ2n) is 6.18. The highest BCUT2D eigenvalue weighted by Crippen LogP contribution is 2.26. The van der Waals surface area contributed by atoms with Crippen LogP contribution < -0.4 is 5.32 Å². The molecule has 0 heterocycles. The number of ketones is 1. The topological polar surface area (TPSA) is 116 Å². The van der Waals surface area contributed by atoms with Gasteiger partial charge in [-0.05, 0) is 17.7 Å². The van der Waals surface area contributed by atoms with Crippen LogP contribution in [0.3, 0.4) is 0 Å². The number of nitrogens with zero attached hydrogens (tertiary/aromatic N) is 1. The lowest BCUT2D eigenvalue weighted by atomic mass is 9.84. The molecule has 8 nitrogen and oxygen atoms in total. The summed E-state index contributed by atoms with van der Waals surface area (Å²) in [6, 6.07) is 14.7. The van der Waals surface area contributed by atoms with E-state index in [0.717, 1.165) is 0 Å². The number of rotatable bonds is 8. The van der Waals surface area contributed by atoms with Crippen LogP contribution in [-0.4, -0.2) is 36.2 Å². The molecule has 28 heavy (non-hydrogen) atoms. The molecule has 0 saturated carbocycles. The lowest BCUT2D eigenvalue weighted by Gasteiger charge is -2.20. The minimum Gasteiger partial charge on any atom is -0.465 e. The van der Waals surface area contributed by atoms with E-state index in [9.17, 15) is 24.5 Å². The van der Waals surface area contributed by atoms with Crippen molar-refractivity contribution in [1.29, 1.82) is 0 Å². The van der Waals surface area contributed by atoms with Crippen molar-refractivity contribution in [1.82, 2.24) is 0 Å². The zero-order chi connectivity index (χ0) is 20.7. The monoisotopic (exact) mass is 384 g/mol. The average Bonchev–Trinajstić information content (AvgIpc) is 2.71. The predicted molar refractivity (Wildman–Crippen MR) is 102 cm³/mol. The molecule has 2 aromatic carbocycles. The van der Waals surface area contributed by atoms with Crippen molar-refractivity contribution < 1.29 is 24.0 Å². The summed E-state index contributed by atoms with van der Waals surface area (Å²) in [7, 11) is 1.20. The molecular weight excluding hydrogens is 364 g/mol. The van der Waals surface area contributed by atoms with Gasteiger partial charge in [-0.2, -0.15) is 0 Å². The largest absolute Gasteiger partial charge is 0.465 e. The highest BCUT2D eigenvalue weighted by Gasteiger charge is 2.33. The second-order valence-corrected chi connectivity index (χ2v) is 6.18.